The average Bonchev–Trinajstić information content (AvgIpc) is 2.95. The van der Waals surface area contributed by atoms with Crippen LogP contribution in [0.2, 0.25) is 0 Å². The zero-order valence-corrected chi connectivity index (χ0v) is 19.6. The Hall–Kier alpha value is -1.71. The van der Waals surface area contributed by atoms with Crippen LogP contribution in [0.15, 0.2) is 35.2 Å². The second-order valence-electron chi connectivity index (χ2n) is 7.60. The smallest absolute Gasteiger partial charge is 1.00 e. The summed E-state index contributed by atoms with van der Waals surface area (Å²) in [6.07, 6.45) is 6.04. The molecule has 2 aliphatic rings. The predicted molar refractivity (Wildman–Crippen MR) is 110 cm³/mol. The van der Waals surface area contributed by atoms with Crippen molar-refractivity contribution in [2.75, 3.05) is 11.1 Å². The number of anilines is 2. The minimum Gasteiger partial charge on any atom is -1.00 e. The number of nitrogens with one attached hydrogen (secondary N) is 1. The van der Waals surface area contributed by atoms with E-state index in [9.17, 15) is 22.6 Å². The molecular formula is C21H23N2NaO5S. The summed E-state index contributed by atoms with van der Waals surface area (Å²) in [6.45, 7) is 0. The number of carbonyl (C=O) groups excluding carboxylic acids is 2. The molecule has 0 spiro atoms. The number of hydrogen-bond acceptors (Lipinski definition) is 6. The molecule has 0 bridgehead atoms. The molecule has 0 radical (unpaired) electrons. The van der Waals surface area contributed by atoms with Crippen LogP contribution in [0.1, 0.15) is 71.8 Å². The van der Waals surface area contributed by atoms with Gasteiger partial charge in [0.2, 0.25) is 0 Å². The van der Waals surface area contributed by atoms with E-state index in [2.05, 4.69) is 5.32 Å². The number of nitrogen functional groups attached to an aromatic ring is 1. The van der Waals surface area contributed by atoms with Gasteiger partial charge in [0.25, 0.3) is 10.1 Å². The maximum Gasteiger partial charge on any atom is 1.00 e. The van der Waals surface area contributed by atoms with Crippen LogP contribution in [-0.2, 0) is 10.1 Å². The quantitative estimate of drug-likeness (QED) is 0.236. The predicted octanol–water partition coefficient (Wildman–Crippen LogP) is 0.542. The van der Waals surface area contributed by atoms with Gasteiger partial charge in [-0.25, -0.2) is 0 Å². The molecule has 30 heavy (non-hydrogen) atoms. The maximum absolute atomic E-state index is 13.2. The molecule has 7 nitrogen and oxygen atoms in total. The monoisotopic (exact) mass is 438 g/mol. The summed E-state index contributed by atoms with van der Waals surface area (Å²) in [5.41, 5.74) is 6.14. The van der Waals surface area contributed by atoms with Crippen molar-refractivity contribution in [3.05, 3.63) is 52.6 Å². The van der Waals surface area contributed by atoms with Crippen LogP contribution in [0.4, 0.5) is 11.4 Å². The van der Waals surface area contributed by atoms with Crippen molar-refractivity contribution in [2.45, 2.75) is 49.5 Å². The van der Waals surface area contributed by atoms with Crippen LogP contribution in [0.5, 0.6) is 0 Å². The third kappa shape index (κ3) is 4.07. The van der Waals surface area contributed by atoms with Crippen LogP contribution in [-0.4, -0.2) is 30.6 Å². The zero-order valence-electron chi connectivity index (χ0n) is 17.8. The van der Waals surface area contributed by atoms with Gasteiger partial charge in [0, 0.05) is 22.9 Å². The number of carbonyl (C=O) groups is 2. The summed E-state index contributed by atoms with van der Waals surface area (Å²) in [5.74, 6) is -0.915. The summed E-state index contributed by atoms with van der Waals surface area (Å²) < 4.78 is 33.5. The third-order valence-corrected chi connectivity index (χ3v) is 6.59. The normalized spacial score (nSPS) is 16.8. The first kappa shape index (κ1) is 23.0. The molecule has 1 saturated carbocycles. The molecule has 2 aliphatic carbocycles. The van der Waals surface area contributed by atoms with Crippen LogP contribution < -0.4 is 40.6 Å². The Morgan fingerprint density at radius 2 is 1.50 bits per heavy atom. The van der Waals surface area contributed by atoms with Gasteiger partial charge in [-0.05, 0) is 18.9 Å². The largest absolute Gasteiger partial charge is 1.00 e. The zero-order chi connectivity index (χ0) is 20.8. The minimum atomic E-state index is -4.68. The van der Waals surface area contributed by atoms with Gasteiger partial charge in [-0.1, -0.05) is 49.9 Å². The fraction of sp³-hybridized carbons (Fsp3) is 0.333. The molecule has 0 atom stereocenters. The molecule has 1 fully saturated rings. The van der Waals surface area contributed by atoms with E-state index in [-0.39, 0.29) is 70.8 Å². The van der Waals surface area contributed by atoms with Crippen LogP contribution in [0.3, 0.4) is 0 Å². The maximum atomic E-state index is 13.2. The molecule has 0 saturated heterocycles. The number of rotatable bonds is 3. The fourth-order valence-corrected chi connectivity index (χ4v) is 4.91. The molecule has 9 heteroatoms. The van der Waals surface area contributed by atoms with E-state index in [4.69, 9.17) is 5.73 Å². The van der Waals surface area contributed by atoms with Crippen molar-refractivity contribution in [2.24, 2.45) is 0 Å². The topological polar surface area (TPSA) is 127 Å². The number of fused-ring (bicyclic) bond motifs is 2. The summed E-state index contributed by atoms with van der Waals surface area (Å²) in [6, 6.07) is 7.59. The third-order valence-electron chi connectivity index (χ3n) is 5.69. The molecule has 4 N–H and O–H groups in total. The van der Waals surface area contributed by atoms with Crippen molar-refractivity contribution in [3.63, 3.8) is 0 Å². The SMILES string of the molecule is Nc1c(S(=O)(=O)O)cc(NC2CCCCCC2)c2c1C(=O)c1ccccc1C2=O.[H-].[Na+]. The van der Waals surface area contributed by atoms with Crippen LogP contribution in [0.25, 0.3) is 0 Å². The van der Waals surface area contributed by atoms with E-state index in [1.165, 1.54) is 12.1 Å². The Labute approximate surface area is 199 Å². The minimum absolute atomic E-state index is 0. The van der Waals surface area contributed by atoms with Crippen molar-refractivity contribution >= 4 is 33.1 Å². The first-order chi connectivity index (χ1) is 13.8. The molecular weight excluding hydrogens is 415 g/mol. The first-order valence-corrected chi connectivity index (χ1v) is 11.1. The fourth-order valence-electron chi connectivity index (χ4n) is 4.26. The second kappa shape index (κ2) is 8.80. The number of nitrogens with two attached hydrogens (primary N) is 1. The van der Waals surface area contributed by atoms with E-state index in [0.29, 0.717) is 0 Å². The van der Waals surface area contributed by atoms with E-state index in [0.717, 1.165) is 38.5 Å². The van der Waals surface area contributed by atoms with E-state index >= 15 is 0 Å². The Balaban J connectivity index is 0.00000171. The van der Waals surface area contributed by atoms with Gasteiger partial charge in [-0.3, -0.25) is 14.1 Å². The van der Waals surface area contributed by atoms with Crippen molar-refractivity contribution < 1.29 is 53.5 Å². The van der Waals surface area contributed by atoms with Crippen LogP contribution >= 0.6 is 0 Å². The number of ketones is 2. The van der Waals surface area contributed by atoms with Gasteiger partial charge in [-0.15, -0.1) is 0 Å². The van der Waals surface area contributed by atoms with Gasteiger partial charge >= 0.3 is 29.6 Å². The standard InChI is InChI=1S/C21H22N2O5S.Na.H/c22-19-16(29(26,27)28)11-15(23-12-7-3-1-2-4-8-12)17-18(19)21(25)14-10-6-5-9-13(14)20(17)24;;/h5-6,9-12,23H,1-4,7-8,22H2,(H,26,27,28);;/q;+1;-1. The van der Waals surface area contributed by atoms with Gasteiger partial charge in [0.1, 0.15) is 4.90 Å². The molecule has 2 aromatic carbocycles. The Morgan fingerprint density at radius 1 is 0.967 bits per heavy atom. The van der Waals surface area contributed by atoms with Gasteiger partial charge < -0.3 is 12.5 Å². The number of hydrogen-bond donors (Lipinski definition) is 3. The van der Waals surface area contributed by atoms with Crippen molar-refractivity contribution in [1.82, 2.24) is 0 Å². The van der Waals surface area contributed by atoms with E-state index in [1.807, 2.05) is 0 Å². The summed E-state index contributed by atoms with van der Waals surface area (Å²) in [4.78, 5) is 25.8. The van der Waals surface area contributed by atoms with E-state index < -0.39 is 26.5 Å². The molecule has 0 aromatic heterocycles. The van der Waals surface area contributed by atoms with Crippen molar-refractivity contribution in [1.29, 1.82) is 0 Å². The second-order valence-corrected chi connectivity index (χ2v) is 8.99. The summed E-state index contributed by atoms with van der Waals surface area (Å²) in [7, 11) is -4.68. The van der Waals surface area contributed by atoms with Crippen LogP contribution in [0, 0.1) is 0 Å². The Morgan fingerprint density at radius 3 is 2.03 bits per heavy atom. The first-order valence-electron chi connectivity index (χ1n) is 9.68. The molecule has 4 rings (SSSR count). The van der Waals surface area contributed by atoms with Gasteiger partial charge in [-0.2, -0.15) is 8.42 Å². The van der Waals surface area contributed by atoms with Gasteiger partial charge in [0.05, 0.1) is 16.8 Å². The molecule has 154 valence electrons. The molecule has 0 aliphatic heterocycles. The molecule has 0 unspecified atom stereocenters. The van der Waals surface area contributed by atoms with Gasteiger partial charge in [0.15, 0.2) is 11.6 Å². The van der Waals surface area contributed by atoms with E-state index in [1.54, 1.807) is 18.2 Å². The average molecular weight is 438 g/mol. The Bertz CT molecular complexity index is 1130. The Kier molecular flexibility index (Phi) is 6.74. The molecule has 0 heterocycles. The van der Waals surface area contributed by atoms with Crippen molar-refractivity contribution in [3.8, 4) is 0 Å². The summed E-state index contributed by atoms with van der Waals surface area (Å²) in [5, 5.41) is 3.27. The number of benzene rings is 2. The summed E-state index contributed by atoms with van der Waals surface area (Å²) >= 11 is 0. The molecule has 0 amide bonds. The molecule has 2 aromatic rings.